The molecule has 0 aliphatic heterocycles. The van der Waals surface area contributed by atoms with E-state index in [0.29, 0.717) is 0 Å². The molecule has 0 atom stereocenters. The SMILES string of the molecule is CCCCCCCCCCCCCCc1ccccc1CCCCCCCCCCCCCC.N[SH](=O)=O. The second-order valence-corrected chi connectivity index (χ2v) is 11.9. The summed E-state index contributed by atoms with van der Waals surface area (Å²) in [5, 5.41) is 4.06. The van der Waals surface area contributed by atoms with Crippen LogP contribution in [0.2, 0.25) is 0 Å². The van der Waals surface area contributed by atoms with E-state index in [1.54, 1.807) is 11.1 Å². The number of aryl methyl sites for hydroxylation is 2. The summed E-state index contributed by atoms with van der Waals surface area (Å²) in [6.07, 6.45) is 37.2. The van der Waals surface area contributed by atoms with E-state index >= 15 is 0 Å². The van der Waals surface area contributed by atoms with E-state index < -0.39 is 10.9 Å². The molecule has 4 heteroatoms. The number of rotatable bonds is 26. The highest BCUT2D eigenvalue weighted by molar-refractivity contribution is 7.69. The van der Waals surface area contributed by atoms with Crippen LogP contribution in [0.5, 0.6) is 0 Å². The highest BCUT2D eigenvalue weighted by Gasteiger charge is 2.02. The van der Waals surface area contributed by atoms with Crippen molar-refractivity contribution >= 4 is 10.9 Å². The van der Waals surface area contributed by atoms with Gasteiger partial charge in [-0.3, -0.25) is 0 Å². The lowest BCUT2D eigenvalue weighted by atomic mass is 9.96. The Bertz CT molecular complexity index is 619. The predicted molar refractivity (Wildman–Crippen MR) is 171 cm³/mol. The van der Waals surface area contributed by atoms with Gasteiger partial charge in [0.1, 0.15) is 0 Å². The third-order valence-electron chi connectivity index (χ3n) is 7.72. The minimum atomic E-state index is -2.62. The number of thiol groups is 1. The van der Waals surface area contributed by atoms with Gasteiger partial charge in [0.05, 0.1) is 0 Å². The average Bonchev–Trinajstić information content (AvgIpc) is 2.90. The molecule has 0 aromatic heterocycles. The Morgan fingerprint density at radius 3 is 0.895 bits per heavy atom. The summed E-state index contributed by atoms with van der Waals surface area (Å²) in [4.78, 5) is 0. The van der Waals surface area contributed by atoms with Crippen molar-refractivity contribution in [3.8, 4) is 0 Å². The molecule has 1 rings (SSSR count). The molecule has 0 spiro atoms. The quantitative estimate of drug-likeness (QED) is 0.0888. The van der Waals surface area contributed by atoms with Crippen LogP contribution in [0.3, 0.4) is 0 Å². The molecule has 0 amide bonds. The number of benzene rings is 1. The summed E-state index contributed by atoms with van der Waals surface area (Å²) in [7, 11) is -2.62. The molecule has 0 saturated carbocycles. The van der Waals surface area contributed by atoms with Crippen LogP contribution in [0.4, 0.5) is 0 Å². The zero-order valence-electron chi connectivity index (χ0n) is 25.5. The lowest BCUT2D eigenvalue weighted by Crippen LogP contribution is -1.95. The van der Waals surface area contributed by atoms with Gasteiger partial charge in [-0.15, -0.1) is 0 Å². The lowest BCUT2D eigenvalue weighted by molar-refractivity contribution is 0.542. The predicted octanol–water partition coefficient (Wildman–Crippen LogP) is 10.6. The summed E-state index contributed by atoms with van der Waals surface area (Å²) >= 11 is 0. The average molecular weight is 552 g/mol. The number of unbranched alkanes of at least 4 members (excludes halogenated alkanes) is 22. The smallest absolute Gasteiger partial charge is 0.198 e. The van der Waals surface area contributed by atoms with E-state index in [4.69, 9.17) is 8.42 Å². The van der Waals surface area contributed by atoms with Crippen molar-refractivity contribution in [3.63, 3.8) is 0 Å². The van der Waals surface area contributed by atoms with Gasteiger partial charge in [0.2, 0.25) is 0 Å². The molecule has 0 fully saturated rings. The molecule has 224 valence electrons. The summed E-state index contributed by atoms with van der Waals surface area (Å²) in [5.74, 6) is 0. The van der Waals surface area contributed by atoms with E-state index in [-0.39, 0.29) is 0 Å². The molecule has 38 heavy (non-hydrogen) atoms. The van der Waals surface area contributed by atoms with Crippen LogP contribution in [0.15, 0.2) is 24.3 Å². The van der Waals surface area contributed by atoms with Crippen LogP contribution in [0.1, 0.15) is 179 Å². The second kappa shape index (κ2) is 30.7. The Kier molecular flexibility index (Phi) is 30.0. The van der Waals surface area contributed by atoms with E-state index in [2.05, 4.69) is 43.3 Å². The van der Waals surface area contributed by atoms with Gasteiger partial charge >= 0.3 is 0 Å². The molecule has 0 saturated heterocycles. The first-order chi connectivity index (χ1) is 18.6. The van der Waals surface area contributed by atoms with Crippen LogP contribution >= 0.6 is 0 Å². The van der Waals surface area contributed by atoms with Gasteiger partial charge in [-0.1, -0.05) is 179 Å². The Balaban J connectivity index is 0.00000318. The zero-order chi connectivity index (χ0) is 27.9. The molecule has 2 N–H and O–H groups in total. The van der Waals surface area contributed by atoms with Crippen LogP contribution in [0.25, 0.3) is 0 Å². The van der Waals surface area contributed by atoms with Gasteiger partial charge in [-0.2, -0.15) is 0 Å². The third-order valence-corrected chi connectivity index (χ3v) is 7.72. The fourth-order valence-corrected chi connectivity index (χ4v) is 5.36. The van der Waals surface area contributed by atoms with Gasteiger partial charge in [0, 0.05) is 0 Å². The third kappa shape index (κ3) is 28.1. The van der Waals surface area contributed by atoms with Crippen LogP contribution < -0.4 is 5.14 Å². The number of nitrogens with two attached hydrogens (primary N) is 1. The van der Waals surface area contributed by atoms with Crippen molar-refractivity contribution in [3.05, 3.63) is 35.4 Å². The van der Waals surface area contributed by atoms with Crippen molar-refractivity contribution in [2.45, 2.75) is 181 Å². The van der Waals surface area contributed by atoms with Crippen molar-refractivity contribution in [2.24, 2.45) is 5.14 Å². The van der Waals surface area contributed by atoms with Crippen LogP contribution in [-0.2, 0) is 23.7 Å². The van der Waals surface area contributed by atoms with Crippen molar-refractivity contribution in [1.82, 2.24) is 0 Å². The Morgan fingerprint density at radius 2 is 0.658 bits per heavy atom. The van der Waals surface area contributed by atoms with Gasteiger partial charge in [-0.25, -0.2) is 13.6 Å². The molecule has 0 heterocycles. The van der Waals surface area contributed by atoms with Crippen molar-refractivity contribution < 1.29 is 8.42 Å². The second-order valence-electron chi connectivity index (χ2n) is 11.3. The fourth-order valence-electron chi connectivity index (χ4n) is 5.36. The summed E-state index contributed by atoms with van der Waals surface area (Å²) < 4.78 is 17.6. The van der Waals surface area contributed by atoms with Gasteiger partial charge in [-0.05, 0) is 36.8 Å². The molecule has 0 bridgehead atoms. The van der Waals surface area contributed by atoms with Crippen molar-refractivity contribution in [2.75, 3.05) is 0 Å². The summed E-state index contributed by atoms with van der Waals surface area (Å²) in [5.41, 5.74) is 3.27. The monoisotopic (exact) mass is 551 g/mol. The van der Waals surface area contributed by atoms with E-state index in [1.165, 1.54) is 167 Å². The first kappa shape index (κ1) is 37.1. The topological polar surface area (TPSA) is 60.2 Å². The molecule has 0 aliphatic carbocycles. The standard InChI is InChI=1S/C34H62.H3NO2S/c1-3-5-7-9-11-13-15-17-19-21-23-25-29-33-31-27-28-32-34(33)30-26-24-22-20-18-16-14-12-10-8-6-4-2;1-4(2)3/h27-28,31-32H,3-26,29-30H2,1-2H3;4H,(H2,1,2,3). The largest absolute Gasteiger partial charge is 0.231 e. The highest BCUT2D eigenvalue weighted by Crippen LogP contribution is 2.18. The maximum absolute atomic E-state index is 8.81. The Labute approximate surface area is 240 Å². The van der Waals surface area contributed by atoms with Crippen molar-refractivity contribution in [1.29, 1.82) is 0 Å². The van der Waals surface area contributed by atoms with E-state index in [9.17, 15) is 0 Å². The summed E-state index contributed by atoms with van der Waals surface area (Å²) in [6.45, 7) is 4.61. The molecule has 1 aromatic rings. The highest BCUT2D eigenvalue weighted by atomic mass is 32.2. The molecular weight excluding hydrogens is 486 g/mol. The lowest BCUT2D eigenvalue weighted by Gasteiger charge is -2.10. The van der Waals surface area contributed by atoms with Gasteiger partial charge in [0.15, 0.2) is 10.9 Å². The number of hydrogen-bond donors (Lipinski definition) is 2. The first-order valence-corrected chi connectivity index (χ1v) is 17.8. The maximum atomic E-state index is 8.81. The Hall–Kier alpha value is -0.870. The van der Waals surface area contributed by atoms with Gasteiger partial charge in [0.25, 0.3) is 0 Å². The fraction of sp³-hybridized carbons (Fsp3) is 0.824. The maximum Gasteiger partial charge on any atom is 0.198 e. The minimum absolute atomic E-state index is 1.30. The van der Waals surface area contributed by atoms with Gasteiger partial charge < -0.3 is 0 Å². The molecule has 3 nitrogen and oxygen atoms in total. The minimum Gasteiger partial charge on any atom is -0.231 e. The normalized spacial score (nSPS) is 11.1. The molecule has 1 aromatic carbocycles. The van der Waals surface area contributed by atoms with E-state index in [1.807, 2.05) is 0 Å². The van der Waals surface area contributed by atoms with Crippen LogP contribution in [0, 0.1) is 0 Å². The zero-order valence-corrected chi connectivity index (χ0v) is 26.4. The molecule has 0 unspecified atom stereocenters. The molecule has 0 radical (unpaired) electrons. The first-order valence-electron chi connectivity index (χ1n) is 16.6. The number of hydrogen-bond acceptors (Lipinski definition) is 2. The molecule has 0 aliphatic rings. The Morgan fingerprint density at radius 1 is 0.447 bits per heavy atom. The van der Waals surface area contributed by atoms with Crippen LogP contribution in [-0.4, -0.2) is 8.42 Å². The summed E-state index contributed by atoms with van der Waals surface area (Å²) in [6, 6.07) is 9.30. The molecular formula is C34H65NO2S. The van der Waals surface area contributed by atoms with E-state index in [0.717, 1.165) is 0 Å².